The van der Waals surface area contributed by atoms with E-state index in [0.29, 0.717) is 0 Å². The Morgan fingerprint density at radius 3 is 1.65 bits per heavy atom. The van der Waals surface area contributed by atoms with Crippen molar-refractivity contribution in [1.29, 1.82) is 0 Å². The zero-order chi connectivity index (χ0) is 27.1. The second kappa shape index (κ2) is 12.6. The van der Waals surface area contributed by atoms with Crippen molar-refractivity contribution < 1.29 is 9.47 Å². The minimum absolute atomic E-state index is 0.830. The molecule has 4 aromatic rings. The van der Waals surface area contributed by atoms with Crippen LogP contribution in [0, 0.1) is 11.8 Å². The summed E-state index contributed by atoms with van der Waals surface area (Å²) in [6.45, 7) is 4.84. The molecule has 0 N–H and O–H groups in total. The third kappa shape index (κ3) is 6.86. The summed E-state index contributed by atoms with van der Waals surface area (Å²) in [4.78, 5) is 5.01. The monoisotopic (exact) mass is 532 g/mol. The van der Waals surface area contributed by atoms with Crippen molar-refractivity contribution >= 4 is 5.69 Å². The van der Waals surface area contributed by atoms with Gasteiger partial charge in [0.05, 0.1) is 0 Å². The van der Waals surface area contributed by atoms with Crippen LogP contribution in [0.2, 0.25) is 0 Å². The Morgan fingerprint density at radius 1 is 0.550 bits per heavy atom. The van der Waals surface area contributed by atoms with E-state index in [-0.39, 0.29) is 0 Å². The van der Waals surface area contributed by atoms with Gasteiger partial charge in [0.2, 0.25) is 0 Å². The molecule has 0 saturated carbocycles. The Balaban J connectivity index is 1.02. The molecule has 2 fully saturated rings. The van der Waals surface area contributed by atoms with Crippen LogP contribution >= 0.6 is 0 Å². The second-order valence-electron chi connectivity index (χ2n) is 11.5. The number of hydrogen-bond donors (Lipinski definition) is 0. The first kappa shape index (κ1) is 26.5. The van der Waals surface area contributed by atoms with Gasteiger partial charge in [-0.2, -0.15) is 0 Å². The predicted molar refractivity (Wildman–Crippen MR) is 165 cm³/mol. The van der Waals surface area contributed by atoms with Gasteiger partial charge in [0, 0.05) is 24.8 Å². The number of rotatable bonds is 8. The molecule has 2 saturated heterocycles. The van der Waals surface area contributed by atoms with E-state index >= 15 is 0 Å². The number of benzene rings is 4. The fourth-order valence-corrected chi connectivity index (χ4v) is 6.13. The number of anilines is 1. The highest BCUT2D eigenvalue weighted by Crippen LogP contribution is 2.34. The molecule has 0 aliphatic carbocycles. The van der Waals surface area contributed by atoms with Crippen LogP contribution in [0.15, 0.2) is 103 Å². The summed E-state index contributed by atoms with van der Waals surface area (Å²) in [5, 5.41) is 0. The lowest BCUT2D eigenvalue weighted by Gasteiger charge is -2.37. The normalized spacial score (nSPS) is 17.1. The summed E-state index contributed by atoms with van der Waals surface area (Å²) in [5.74, 6) is 5.23. The molecule has 0 spiro atoms. The summed E-state index contributed by atoms with van der Waals surface area (Å²) in [6.07, 6.45) is 6.79. The first-order valence-electron chi connectivity index (χ1n) is 14.8. The SMILES string of the molecule is CN1CCC(CC2CCN(c3cccc(Oc4ccc(-c5ccc(Oc6ccccc6)cc5)cc4)c3)CC2)CC1. The molecule has 4 nitrogen and oxygen atoms in total. The average Bonchev–Trinajstić information content (AvgIpc) is 3.00. The van der Waals surface area contributed by atoms with Gasteiger partial charge in [-0.15, -0.1) is 0 Å². The van der Waals surface area contributed by atoms with Gasteiger partial charge in [-0.3, -0.25) is 0 Å². The maximum absolute atomic E-state index is 6.27. The Hall–Kier alpha value is -3.76. The van der Waals surface area contributed by atoms with E-state index in [9.17, 15) is 0 Å². The van der Waals surface area contributed by atoms with Gasteiger partial charge in [-0.1, -0.05) is 48.5 Å². The number of hydrogen-bond acceptors (Lipinski definition) is 4. The Labute approximate surface area is 239 Å². The lowest BCUT2D eigenvalue weighted by molar-refractivity contribution is 0.187. The van der Waals surface area contributed by atoms with E-state index in [0.717, 1.165) is 59.1 Å². The Kier molecular flexibility index (Phi) is 8.34. The molecule has 0 amide bonds. The molecule has 4 aromatic carbocycles. The van der Waals surface area contributed by atoms with Crippen LogP contribution in [0.1, 0.15) is 32.1 Å². The van der Waals surface area contributed by atoms with Crippen LogP contribution in [0.25, 0.3) is 11.1 Å². The van der Waals surface area contributed by atoms with Gasteiger partial charge in [0.15, 0.2) is 0 Å². The zero-order valence-corrected chi connectivity index (χ0v) is 23.5. The van der Waals surface area contributed by atoms with E-state index in [1.54, 1.807) is 0 Å². The van der Waals surface area contributed by atoms with Gasteiger partial charge < -0.3 is 19.3 Å². The van der Waals surface area contributed by atoms with Gasteiger partial charge in [0.1, 0.15) is 23.0 Å². The van der Waals surface area contributed by atoms with Crippen LogP contribution < -0.4 is 14.4 Å². The molecule has 0 unspecified atom stereocenters. The number of nitrogens with zero attached hydrogens (tertiary/aromatic N) is 2. The Bertz CT molecular complexity index is 1340. The smallest absolute Gasteiger partial charge is 0.129 e. The summed E-state index contributed by atoms with van der Waals surface area (Å²) < 4.78 is 12.2. The summed E-state index contributed by atoms with van der Waals surface area (Å²) in [7, 11) is 2.25. The second-order valence-corrected chi connectivity index (χ2v) is 11.5. The molecule has 4 heteroatoms. The molecule has 2 aliphatic rings. The quantitative estimate of drug-likeness (QED) is 0.226. The van der Waals surface area contributed by atoms with Crippen molar-refractivity contribution in [3.8, 4) is 34.1 Å². The standard InChI is InChI=1S/C36H40N2O2/c1-37-22-18-28(19-23-37)26-29-20-24-38(25-21-29)32-6-5-9-36(27-32)40-35-16-12-31(13-17-35)30-10-14-34(15-11-30)39-33-7-3-2-4-8-33/h2-17,27-29H,18-26H2,1H3. The average molecular weight is 533 g/mol. The summed E-state index contributed by atoms with van der Waals surface area (Å²) in [6, 6.07) is 35.0. The summed E-state index contributed by atoms with van der Waals surface area (Å²) >= 11 is 0. The molecular formula is C36H40N2O2. The fraction of sp³-hybridized carbons (Fsp3) is 0.333. The van der Waals surface area contributed by atoms with Crippen molar-refractivity contribution in [2.75, 3.05) is 38.1 Å². The lowest BCUT2D eigenvalue weighted by Crippen LogP contribution is -2.36. The van der Waals surface area contributed by atoms with E-state index in [2.05, 4.69) is 65.4 Å². The first-order valence-corrected chi connectivity index (χ1v) is 14.8. The van der Waals surface area contributed by atoms with Crippen molar-refractivity contribution in [3.05, 3.63) is 103 Å². The number of para-hydroxylation sites is 1. The van der Waals surface area contributed by atoms with Gasteiger partial charge in [-0.05, 0) is 124 Å². The first-order chi connectivity index (χ1) is 19.7. The summed E-state index contributed by atoms with van der Waals surface area (Å²) in [5.41, 5.74) is 3.56. The lowest BCUT2D eigenvalue weighted by atomic mass is 9.83. The topological polar surface area (TPSA) is 24.9 Å². The van der Waals surface area contributed by atoms with Crippen LogP contribution in [-0.4, -0.2) is 38.1 Å². The van der Waals surface area contributed by atoms with E-state index in [1.807, 2.05) is 54.6 Å². The molecule has 0 atom stereocenters. The fourth-order valence-electron chi connectivity index (χ4n) is 6.13. The molecule has 0 radical (unpaired) electrons. The van der Waals surface area contributed by atoms with Crippen LogP contribution in [0.4, 0.5) is 5.69 Å². The van der Waals surface area contributed by atoms with Crippen LogP contribution in [-0.2, 0) is 0 Å². The Morgan fingerprint density at radius 2 is 1.05 bits per heavy atom. The molecule has 2 heterocycles. The molecule has 40 heavy (non-hydrogen) atoms. The van der Waals surface area contributed by atoms with E-state index < -0.39 is 0 Å². The molecular weight excluding hydrogens is 492 g/mol. The van der Waals surface area contributed by atoms with E-state index in [4.69, 9.17) is 9.47 Å². The van der Waals surface area contributed by atoms with Gasteiger partial charge in [-0.25, -0.2) is 0 Å². The van der Waals surface area contributed by atoms with Crippen LogP contribution in [0.5, 0.6) is 23.0 Å². The maximum atomic E-state index is 6.27. The zero-order valence-electron chi connectivity index (χ0n) is 23.5. The molecule has 0 bridgehead atoms. The largest absolute Gasteiger partial charge is 0.457 e. The highest BCUT2D eigenvalue weighted by molar-refractivity contribution is 5.65. The molecule has 2 aliphatic heterocycles. The van der Waals surface area contributed by atoms with E-state index in [1.165, 1.54) is 50.9 Å². The molecule has 206 valence electrons. The predicted octanol–water partition coefficient (Wildman–Crippen LogP) is 8.89. The van der Waals surface area contributed by atoms with Crippen LogP contribution in [0.3, 0.4) is 0 Å². The third-order valence-corrected chi connectivity index (χ3v) is 8.56. The number of ether oxygens (including phenoxy) is 2. The third-order valence-electron chi connectivity index (χ3n) is 8.56. The molecule has 0 aromatic heterocycles. The highest BCUT2D eigenvalue weighted by atomic mass is 16.5. The van der Waals surface area contributed by atoms with Crippen molar-refractivity contribution in [2.24, 2.45) is 11.8 Å². The minimum atomic E-state index is 0.830. The van der Waals surface area contributed by atoms with Gasteiger partial charge >= 0.3 is 0 Å². The van der Waals surface area contributed by atoms with Crippen molar-refractivity contribution in [3.63, 3.8) is 0 Å². The van der Waals surface area contributed by atoms with Crippen molar-refractivity contribution in [2.45, 2.75) is 32.1 Å². The van der Waals surface area contributed by atoms with Crippen molar-refractivity contribution in [1.82, 2.24) is 4.90 Å². The molecule has 6 rings (SSSR count). The van der Waals surface area contributed by atoms with Gasteiger partial charge in [0.25, 0.3) is 0 Å². The number of likely N-dealkylation sites (tertiary alicyclic amines) is 1. The number of piperidine rings is 2. The maximum Gasteiger partial charge on any atom is 0.129 e. The minimum Gasteiger partial charge on any atom is -0.457 e. The highest BCUT2D eigenvalue weighted by Gasteiger charge is 2.25.